The van der Waals surface area contributed by atoms with Gasteiger partial charge in [-0.3, -0.25) is 4.79 Å². The summed E-state index contributed by atoms with van der Waals surface area (Å²) >= 11 is 0. The van der Waals surface area contributed by atoms with E-state index >= 15 is 0 Å². The average molecular weight is 312 g/mol. The predicted octanol–water partition coefficient (Wildman–Crippen LogP) is 2.73. The third-order valence-electron chi connectivity index (χ3n) is 3.63. The average Bonchev–Trinajstić information content (AvgIpc) is 3.25. The van der Waals surface area contributed by atoms with Crippen LogP contribution >= 0.6 is 0 Å². The summed E-state index contributed by atoms with van der Waals surface area (Å²) in [6, 6.07) is 13.7. The van der Waals surface area contributed by atoms with Gasteiger partial charge >= 0.3 is 0 Å². The fourth-order valence-corrected chi connectivity index (χ4v) is 2.39. The normalized spacial score (nSPS) is 18.1. The molecule has 0 spiro atoms. The third-order valence-corrected chi connectivity index (χ3v) is 3.63. The van der Waals surface area contributed by atoms with Gasteiger partial charge in [-0.2, -0.15) is 5.26 Å². The lowest BCUT2D eigenvalue weighted by Gasteiger charge is -2.15. The van der Waals surface area contributed by atoms with Crippen molar-refractivity contribution in [1.29, 1.82) is 5.26 Å². The first-order valence-electron chi connectivity index (χ1n) is 7.37. The number of carbonyl (C=O) groups excluding carboxylic acids is 1. The predicted molar refractivity (Wildman–Crippen MR) is 81.0 cm³/mol. The maximum Gasteiger partial charge on any atom is 0.290 e. The highest BCUT2D eigenvalue weighted by Crippen LogP contribution is 2.24. The van der Waals surface area contributed by atoms with Crippen molar-refractivity contribution in [2.24, 2.45) is 5.92 Å². The molecule has 0 bridgehead atoms. The number of nitrogens with zero attached hydrogens (tertiary/aromatic N) is 1. The maximum atomic E-state index is 12.2. The van der Waals surface area contributed by atoms with E-state index < -0.39 is 11.9 Å². The molecule has 1 saturated heterocycles. The van der Waals surface area contributed by atoms with Crippen LogP contribution in [0.5, 0.6) is 11.7 Å². The molecule has 3 rings (SSSR count). The molecular formula is C17H16N2O4. The zero-order valence-electron chi connectivity index (χ0n) is 12.4. The fourth-order valence-electron chi connectivity index (χ4n) is 2.39. The van der Waals surface area contributed by atoms with E-state index in [1.807, 2.05) is 18.2 Å². The molecule has 2 atom stereocenters. The van der Waals surface area contributed by atoms with Crippen molar-refractivity contribution in [1.82, 2.24) is 5.32 Å². The minimum Gasteiger partial charge on any atom is -0.426 e. The molecule has 1 aliphatic heterocycles. The largest absolute Gasteiger partial charge is 0.426 e. The Morgan fingerprint density at radius 2 is 2.13 bits per heavy atom. The van der Waals surface area contributed by atoms with Crippen molar-refractivity contribution in [2.45, 2.75) is 12.5 Å². The van der Waals surface area contributed by atoms with E-state index in [1.165, 1.54) is 6.07 Å². The van der Waals surface area contributed by atoms with Crippen molar-refractivity contribution >= 4 is 5.91 Å². The van der Waals surface area contributed by atoms with Gasteiger partial charge in [-0.1, -0.05) is 18.2 Å². The molecule has 118 valence electrons. The third kappa shape index (κ3) is 3.71. The van der Waals surface area contributed by atoms with Gasteiger partial charge in [0.1, 0.15) is 11.8 Å². The summed E-state index contributed by atoms with van der Waals surface area (Å²) in [6.07, 6.45) is 0.763. The summed E-state index contributed by atoms with van der Waals surface area (Å²) in [4.78, 5) is 12.2. The van der Waals surface area contributed by atoms with Crippen molar-refractivity contribution in [3.63, 3.8) is 0 Å². The van der Waals surface area contributed by atoms with E-state index in [1.54, 1.807) is 18.2 Å². The monoisotopic (exact) mass is 312 g/mol. The van der Waals surface area contributed by atoms with E-state index in [4.69, 9.17) is 13.9 Å². The first kappa shape index (κ1) is 15.1. The van der Waals surface area contributed by atoms with Crippen LogP contribution in [0.25, 0.3) is 0 Å². The van der Waals surface area contributed by atoms with Crippen LogP contribution in [0.3, 0.4) is 0 Å². The lowest BCUT2D eigenvalue weighted by molar-refractivity contribution is 0.0898. The highest BCUT2D eigenvalue weighted by atomic mass is 16.6. The number of nitriles is 1. The van der Waals surface area contributed by atoms with Crippen molar-refractivity contribution < 1.29 is 18.7 Å². The van der Waals surface area contributed by atoms with Gasteiger partial charge in [0.2, 0.25) is 0 Å². The van der Waals surface area contributed by atoms with E-state index in [9.17, 15) is 10.1 Å². The van der Waals surface area contributed by atoms with Crippen LogP contribution in [-0.2, 0) is 4.74 Å². The summed E-state index contributed by atoms with van der Waals surface area (Å²) in [7, 11) is 0. The van der Waals surface area contributed by atoms with E-state index in [2.05, 4.69) is 11.4 Å². The number of furan rings is 1. The topological polar surface area (TPSA) is 84.5 Å². The number of para-hydroxylation sites is 1. The Morgan fingerprint density at radius 1 is 1.30 bits per heavy atom. The summed E-state index contributed by atoms with van der Waals surface area (Å²) in [5, 5.41) is 11.9. The van der Waals surface area contributed by atoms with Gasteiger partial charge in [-0.15, -0.1) is 0 Å². The zero-order chi connectivity index (χ0) is 16.1. The van der Waals surface area contributed by atoms with Crippen LogP contribution in [-0.4, -0.2) is 25.2 Å². The highest BCUT2D eigenvalue weighted by Gasteiger charge is 2.28. The maximum absolute atomic E-state index is 12.2. The zero-order valence-corrected chi connectivity index (χ0v) is 12.4. The minimum atomic E-state index is -0.589. The molecular weight excluding hydrogens is 296 g/mol. The highest BCUT2D eigenvalue weighted by molar-refractivity contribution is 5.92. The van der Waals surface area contributed by atoms with E-state index in [0.717, 1.165) is 6.42 Å². The van der Waals surface area contributed by atoms with Crippen molar-refractivity contribution in [3.05, 3.63) is 48.2 Å². The second-order valence-corrected chi connectivity index (χ2v) is 5.24. The lowest BCUT2D eigenvalue weighted by Crippen LogP contribution is -2.39. The summed E-state index contributed by atoms with van der Waals surface area (Å²) in [5.74, 6) is 0.520. The summed E-state index contributed by atoms with van der Waals surface area (Å²) in [6.45, 7) is 1.10. The van der Waals surface area contributed by atoms with Crippen LogP contribution in [0.4, 0.5) is 0 Å². The fraction of sp³-hybridized carbons (Fsp3) is 0.294. The number of ether oxygens (including phenoxy) is 2. The molecule has 1 amide bonds. The van der Waals surface area contributed by atoms with Crippen LogP contribution in [0, 0.1) is 17.2 Å². The molecule has 0 unspecified atom stereocenters. The van der Waals surface area contributed by atoms with E-state index in [-0.39, 0.29) is 17.6 Å². The Hall–Kier alpha value is -2.78. The van der Waals surface area contributed by atoms with Crippen LogP contribution in [0.2, 0.25) is 0 Å². The van der Waals surface area contributed by atoms with Crippen LogP contribution in [0.15, 0.2) is 46.9 Å². The van der Waals surface area contributed by atoms with E-state index in [0.29, 0.717) is 19.0 Å². The number of hydrogen-bond donors (Lipinski definition) is 1. The quantitative estimate of drug-likeness (QED) is 0.917. The summed E-state index contributed by atoms with van der Waals surface area (Å²) in [5.41, 5.74) is 0. The van der Waals surface area contributed by atoms with Crippen LogP contribution < -0.4 is 10.1 Å². The summed E-state index contributed by atoms with van der Waals surface area (Å²) < 4.78 is 16.1. The molecule has 6 nitrogen and oxygen atoms in total. The van der Waals surface area contributed by atoms with Gasteiger partial charge in [-0.25, -0.2) is 0 Å². The molecule has 2 heterocycles. The molecule has 0 aliphatic carbocycles. The van der Waals surface area contributed by atoms with Gasteiger partial charge in [-0.05, 0) is 24.6 Å². The van der Waals surface area contributed by atoms with Gasteiger partial charge in [0.25, 0.3) is 11.9 Å². The van der Waals surface area contributed by atoms with Gasteiger partial charge in [0, 0.05) is 18.6 Å². The Kier molecular flexibility index (Phi) is 4.60. The number of nitrogens with one attached hydrogen (secondary N) is 1. The molecule has 6 heteroatoms. The Balaban J connectivity index is 1.63. The lowest BCUT2D eigenvalue weighted by atomic mass is 10.0. The molecule has 1 fully saturated rings. The van der Waals surface area contributed by atoms with Gasteiger partial charge < -0.3 is 19.2 Å². The standard InChI is InChI=1S/C17H16N2O4/c18-10-14(12-8-9-21-11-12)19-17(20)15-6-7-16(23-15)22-13-4-2-1-3-5-13/h1-7,12,14H,8-9,11H2,(H,19,20)/t12-,14+/m1/s1. The number of rotatable bonds is 5. The first-order chi connectivity index (χ1) is 11.3. The second kappa shape index (κ2) is 6.99. The van der Waals surface area contributed by atoms with Crippen molar-refractivity contribution in [3.8, 4) is 17.8 Å². The van der Waals surface area contributed by atoms with Gasteiger partial charge in [0.05, 0.1) is 12.7 Å². The Labute approximate surface area is 133 Å². The Morgan fingerprint density at radius 3 is 2.83 bits per heavy atom. The molecule has 0 radical (unpaired) electrons. The smallest absolute Gasteiger partial charge is 0.290 e. The van der Waals surface area contributed by atoms with Crippen LogP contribution in [0.1, 0.15) is 17.0 Å². The van der Waals surface area contributed by atoms with Crippen molar-refractivity contribution in [2.75, 3.05) is 13.2 Å². The molecule has 1 aromatic carbocycles. The molecule has 0 saturated carbocycles. The Bertz CT molecular complexity index is 699. The minimum absolute atomic E-state index is 0.0129. The van der Waals surface area contributed by atoms with Gasteiger partial charge in [0.15, 0.2) is 5.76 Å². The number of amides is 1. The molecule has 1 N–H and O–H groups in total. The second-order valence-electron chi connectivity index (χ2n) is 5.24. The number of benzene rings is 1. The number of hydrogen-bond acceptors (Lipinski definition) is 5. The number of carbonyl (C=O) groups is 1. The molecule has 23 heavy (non-hydrogen) atoms. The molecule has 1 aromatic heterocycles. The molecule has 2 aromatic rings. The SMILES string of the molecule is N#C[C@H](NC(=O)c1ccc(Oc2ccccc2)o1)[C@@H]1CCOC1. The molecule has 1 aliphatic rings. The first-order valence-corrected chi connectivity index (χ1v) is 7.37.